The Morgan fingerprint density at radius 3 is 2.47 bits per heavy atom. The zero-order chi connectivity index (χ0) is 22.3. The maximum absolute atomic E-state index is 13.8. The molecular weight excluding hydrogens is 403 g/mol. The summed E-state index contributed by atoms with van der Waals surface area (Å²) >= 11 is 0. The highest BCUT2D eigenvalue weighted by Gasteiger charge is 2.13. The lowest BCUT2D eigenvalue weighted by molar-refractivity contribution is -0.112. The van der Waals surface area contributed by atoms with Crippen LogP contribution in [0, 0.1) is 17.1 Å². The first-order chi connectivity index (χ1) is 15.6. The number of nitriles is 1. The maximum atomic E-state index is 13.8. The molecule has 5 heteroatoms. The van der Waals surface area contributed by atoms with Crippen molar-refractivity contribution in [3.8, 4) is 11.8 Å². The zero-order valence-electron chi connectivity index (χ0n) is 17.1. The van der Waals surface area contributed by atoms with Crippen LogP contribution in [0.3, 0.4) is 0 Å². The number of ether oxygens (including phenoxy) is 1. The van der Waals surface area contributed by atoms with Gasteiger partial charge in [-0.15, -0.1) is 0 Å². The van der Waals surface area contributed by atoms with E-state index in [9.17, 15) is 14.4 Å². The number of carbonyl (C=O) groups excluding carboxylic acids is 1. The number of para-hydroxylation sites is 2. The van der Waals surface area contributed by atoms with Gasteiger partial charge >= 0.3 is 0 Å². The minimum Gasteiger partial charge on any atom is -0.488 e. The third-order valence-corrected chi connectivity index (χ3v) is 4.91. The van der Waals surface area contributed by atoms with Crippen molar-refractivity contribution < 1.29 is 13.9 Å². The Bertz CT molecular complexity index is 1360. The second-order valence-electron chi connectivity index (χ2n) is 7.11. The van der Waals surface area contributed by atoms with E-state index in [2.05, 4.69) is 17.4 Å². The molecule has 1 N–H and O–H groups in total. The smallest absolute Gasteiger partial charge is 0.266 e. The number of fused-ring (bicyclic) bond motifs is 1. The van der Waals surface area contributed by atoms with Crippen LogP contribution >= 0.6 is 0 Å². The molecular formula is C27H19FN2O2. The predicted molar refractivity (Wildman–Crippen MR) is 123 cm³/mol. The summed E-state index contributed by atoms with van der Waals surface area (Å²) in [7, 11) is 0. The third kappa shape index (κ3) is 4.82. The van der Waals surface area contributed by atoms with E-state index in [1.54, 1.807) is 24.3 Å². The summed E-state index contributed by atoms with van der Waals surface area (Å²) < 4.78 is 19.8. The first-order valence-electron chi connectivity index (χ1n) is 10.0. The van der Waals surface area contributed by atoms with E-state index < -0.39 is 11.7 Å². The highest BCUT2D eigenvalue weighted by Crippen LogP contribution is 2.24. The number of nitrogens with one attached hydrogen (secondary N) is 1. The molecule has 4 nitrogen and oxygen atoms in total. The lowest BCUT2D eigenvalue weighted by Gasteiger charge is -2.11. The molecule has 0 aliphatic heterocycles. The Balaban J connectivity index is 1.53. The van der Waals surface area contributed by atoms with Gasteiger partial charge in [0.1, 0.15) is 29.8 Å². The highest BCUT2D eigenvalue weighted by atomic mass is 19.1. The molecule has 156 valence electrons. The van der Waals surface area contributed by atoms with E-state index in [4.69, 9.17) is 4.74 Å². The van der Waals surface area contributed by atoms with Gasteiger partial charge in [-0.05, 0) is 46.7 Å². The predicted octanol–water partition coefficient (Wildman–Crippen LogP) is 6.10. The Kier molecular flexibility index (Phi) is 6.24. The molecule has 0 atom stereocenters. The Hall–Kier alpha value is -4.43. The van der Waals surface area contributed by atoms with Crippen LogP contribution in [0.4, 0.5) is 10.1 Å². The number of amides is 1. The summed E-state index contributed by atoms with van der Waals surface area (Å²) in [6.07, 6.45) is 1.44. The minimum absolute atomic E-state index is 0.0134. The number of halogens is 1. The summed E-state index contributed by atoms with van der Waals surface area (Å²) in [5.74, 6) is -0.730. The number of carbonyl (C=O) groups is 1. The van der Waals surface area contributed by atoms with Crippen LogP contribution in [-0.2, 0) is 11.4 Å². The first kappa shape index (κ1) is 20.8. The molecule has 0 saturated heterocycles. The molecule has 4 aromatic rings. The molecule has 32 heavy (non-hydrogen) atoms. The molecule has 0 saturated carbocycles. The molecule has 0 aliphatic carbocycles. The van der Waals surface area contributed by atoms with Crippen LogP contribution in [-0.4, -0.2) is 5.91 Å². The molecule has 1 amide bonds. The fourth-order valence-corrected chi connectivity index (χ4v) is 3.28. The summed E-state index contributed by atoms with van der Waals surface area (Å²) in [5.41, 5.74) is 1.43. The van der Waals surface area contributed by atoms with Crippen LogP contribution < -0.4 is 10.1 Å². The van der Waals surface area contributed by atoms with Crippen molar-refractivity contribution >= 4 is 28.4 Å². The van der Waals surface area contributed by atoms with Crippen LogP contribution in [0.15, 0.2) is 96.6 Å². The molecule has 0 spiro atoms. The quantitative estimate of drug-likeness (QED) is 0.301. The summed E-state index contributed by atoms with van der Waals surface area (Å²) in [5, 5.41) is 14.2. The average molecular weight is 422 g/mol. The first-order valence-corrected chi connectivity index (χ1v) is 10.0. The molecule has 4 aromatic carbocycles. The Labute approximate surface area is 185 Å². The van der Waals surface area contributed by atoms with Crippen LogP contribution in [0.5, 0.6) is 5.75 Å². The molecule has 0 unspecified atom stereocenters. The fraction of sp³-hybridized carbons (Fsp3) is 0.0370. The van der Waals surface area contributed by atoms with E-state index in [0.717, 1.165) is 16.3 Å². The number of hydrogen-bond acceptors (Lipinski definition) is 3. The SMILES string of the molecule is N#C/C(=C/c1ccccc1OCc1ccc2ccccc2c1)C(=O)Nc1ccccc1F. The average Bonchev–Trinajstić information content (AvgIpc) is 2.83. The lowest BCUT2D eigenvalue weighted by atomic mass is 10.1. The standard InChI is InChI=1S/C27H19FN2O2/c28-24-10-4-5-11-25(24)30-27(31)23(17-29)16-22-9-3-6-12-26(22)32-18-19-13-14-20-7-1-2-8-21(20)15-19/h1-16H,18H2,(H,30,31)/b23-16-. The molecule has 0 radical (unpaired) electrons. The molecule has 0 fully saturated rings. The molecule has 0 heterocycles. The number of benzene rings is 4. The zero-order valence-corrected chi connectivity index (χ0v) is 17.1. The summed E-state index contributed by atoms with van der Waals surface area (Å²) in [4.78, 5) is 12.5. The van der Waals surface area contributed by atoms with Crippen LogP contribution in [0.25, 0.3) is 16.8 Å². The second-order valence-corrected chi connectivity index (χ2v) is 7.11. The van der Waals surface area contributed by atoms with Crippen LogP contribution in [0.1, 0.15) is 11.1 Å². The van der Waals surface area contributed by atoms with Gasteiger partial charge in [-0.3, -0.25) is 4.79 Å². The minimum atomic E-state index is -0.693. The van der Waals surface area contributed by atoms with Gasteiger partial charge in [0.2, 0.25) is 0 Å². The van der Waals surface area contributed by atoms with Gasteiger partial charge in [-0.2, -0.15) is 5.26 Å². The number of nitrogens with zero attached hydrogens (tertiary/aromatic N) is 1. The van der Waals surface area contributed by atoms with Gasteiger partial charge in [-0.25, -0.2) is 4.39 Å². The highest BCUT2D eigenvalue weighted by molar-refractivity contribution is 6.09. The van der Waals surface area contributed by atoms with E-state index >= 15 is 0 Å². The van der Waals surface area contributed by atoms with E-state index in [-0.39, 0.29) is 11.3 Å². The number of rotatable bonds is 6. The summed E-state index contributed by atoms with van der Waals surface area (Å²) in [6, 6.07) is 29.0. The van der Waals surface area contributed by atoms with Crippen molar-refractivity contribution in [1.82, 2.24) is 0 Å². The monoisotopic (exact) mass is 422 g/mol. The Morgan fingerprint density at radius 2 is 1.66 bits per heavy atom. The topological polar surface area (TPSA) is 62.1 Å². The largest absolute Gasteiger partial charge is 0.488 e. The van der Waals surface area contributed by atoms with Gasteiger partial charge in [0.15, 0.2) is 0 Å². The number of anilines is 1. The molecule has 0 bridgehead atoms. The van der Waals surface area contributed by atoms with E-state index in [0.29, 0.717) is 17.9 Å². The van der Waals surface area contributed by atoms with Crippen molar-refractivity contribution in [2.24, 2.45) is 0 Å². The third-order valence-electron chi connectivity index (χ3n) is 4.91. The molecule has 4 rings (SSSR count). The maximum Gasteiger partial charge on any atom is 0.266 e. The van der Waals surface area contributed by atoms with Crippen LogP contribution in [0.2, 0.25) is 0 Å². The van der Waals surface area contributed by atoms with Crippen molar-refractivity contribution in [3.05, 3.63) is 114 Å². The van der Waals surface area contributed by atoms with Gasteiger partial charge in [-0.1, -0.05) is 66.7 Å². The van der Waals surface area contributed by atoms with Gasteiger partial charge in [0, 0.05) is 5.56 Å². The molecule has 0 aromatic heterocycles. The van der Waals surface area contributed by atoms with Gasteiger partial charge in [0.25, 0.3) is 5.91 Å². The Morgan fingerprint density at radius 1 is 0.938 bits per heavy atom. The van der Waals surface area contributed by atoms with Crippen molar-refractivity contribution in [2.45, 2.75) is 6.61 Å². The fourth-order valence-electron chi connectivity index (χ4n) is 3.28. The van der Waals surface area contributed by atoms with E-state index in [1.807, 2.05) is 42.5 Å². The van der Waals surface area contributed by atoms with Gasteiger partial charge in [0.05, 0.1) is 5.69 Å². The van der Waals surface area contributed by atoms with E-state index in [1.165, 1.54) is 24.3 Å². The van der Waals surface area contributed by atoms with Gasteiger partial charge < -0.3 is 10.1 Å². The molecule has 0 aliphatic rings. The lowest BCUT2D eigenvalue weighted by Crippen LogP contribution is -2.14. The summed E-state index contributed by atoms with van der Waals surface area (Å²) in [6.45, 7) is 0.332. The van der Waals surface area contributed by atoms with Crippen molar-refractivity contribution in [2.75, 3.05) is 5.32 Å². The number of hydrogen-bond donors (Lipinski definition) is 1. The van der Waals surface area contributed by atoms with Crippen molar-refractivity contribution in [3.63, 3.8) is 0 Å². The van der Waals surface area contributed by atoms with Crippen molar-refractivity contribution in [1.29, 1.82) is 5.26 Å². The normalized spacial score (nSPS) is 11.1. The second kappa shape index (κ2) is 9.59.